The van der Waals surface area contributed by atoms with Gasteiger partial charge in [0.15, 0.2) is 11.5 Å². The zero-order valence-electron chi connectivity index (χ0n) is 15.6. The fourth-order valence-electron chi connectivity index (χ4n) is 3.42. The van der Waals surface area contributed by atoms with Crippen LogP contribution in [0.2, 0.25) is 5.02 Å². The minimum absolute atomic E-state index is 0.0179. The average Bonchev–Trinajstić information content (AvgIpc) is 2.66. The predicted molar refractivity (Wildman–Crippen MR) is 104 cm³/mol. The van der Waals surface area contributed by atoms with Crippen LogP contribution in [0.15, 0.2) is 41.3 Å². The van der Waals surface area contributed by atoms with Gasteiger partial charge in [0.25, 0.3) is 0 Å². The standard InChI is InChI=1S/C19H23ClN2O4S/c1-22-9-8-13-10-18(25-2)19(26-3)11-16(13)17(22)12-21-27(23,24)15-6-4-14(20)5-7-15/h4-7,10-11,17,21H,8-9,12H2,1-3H3/p+1/t17-/m0/s1. The molecule has 1 aliphatic heterocycles. The van der Waals surface area contributed by atoms with Crippen LogP contribution < -0.4 is 19.1 Å². The summed E-state index contributed by atoms with van der Waals surface area (Å²) in [7, 11) is 1.67. The van der Waals surface area contributed by atoms with Crippen LogP contribution in [-0.4, -0.2) is 42.8 Å². The van der Waals surface area contributed by atoms with E-state index < -0.39 is 10.0 Å². The van der Waals surface area contributed by atoms with E-state index in [4.69, 9.17) is 21.1 Å². The number of sulfonamides is 1. The SMILES string of the molecule is COc1cc2c(cc1OC)[C@H](CNS(=O)(=O)c1ccc(Cl)cc1)[NH+](C)CC2. The van der Waals surface area contributed by atoms with E-state index in [2.05, 4.69) is 11.8 Å². The summed E-state index contributed by atoms with van der Waals surface area (Å²) in [5.74, 6) is 1.34. The summed E-state index contributed by atoms with van der Waals surface area (Å²) in [6.07, 6.45) is 0.905. The van der Waals surface area contributed by atoms with E-state index in [1.165, 1.54) is 17.0 Å². The maximum Gasteiger partial charge on any atom is 0.240 e. The number of ether oxygens (including phenoxy) is 2. The van der Waals surface area contributed by atoms with Gasteiger partial charge in [-0.3, -0.25) is 0 Å². The molecule has 0 saturated carbocycles. The second kappa shape index (κ2) is 8.06. The Kier molecular flexibility index (Phi) is 5.95. The van der Waals surface area contributed by atoms with Crippen LogP contribution in [0.1, 0.15) is 17.2 Å². The third kappa shape index (κ3) is 4.21. The van der Waals surface area contributed by atoms with E-state index >= 15 is 0 Å². The van der Waals surface area contributed by atoms with Gasteiger partial charge >= 0.3 is 0 Å². The second-order valence-corrected chi connectivity index (χ2v) is 8.81. The third-order valence-corrected chi connectivity index (χ3v) is 6.70. The monoisotopic (exact) mass is 411 g/mol. The van der Waals surface area contributed by atoms with Crippen molar-refractivity contribution in [3.8, 4) is 11.5 Å². The van der Waals surface area contributed by atoms with Gasteiger partial charge in [-0.25, -0.2) is 13.1 Å². The Balaban J connectivity index is 1.86. The minimum atomic E-state index is -3.61. The Morgan fingerprint density at radius 2 is 1.78 bits per heavy atom. The first kappa shape index (κ1) is 19.9. The molecular weight excluding hydrogens is 388 g/mol. The van der Waals surface area contributed by atoms with Crippen molar-refractivity contribution in [3.63, 3.8) is 0 Å². The van der Waals surface area contributed by atoms with Crippen LogP contribution >= 0.6 is 11.6 Å². The summed E-state index contributed by atoms with van der Waals surface area (Å²) in [6.45, 7) is 1.20. The number of likely N-dealkylation sites (N-methyl/N-ethyl adjacent to an activating group) is 1. The van der Waals surface area contributed by atoms with E-state index in [-0.39, 0.29) is 10.9 Å². The Bertz CT molecular complexity index is 916. The van der Waals surface area contributed by atoms with E-state index in [1.54, 1.807) is 26.4 Å². The van der Waals surface area contributed by atoms with Crippen LogP contribution in [0, 0.1) is 0 Å². The molecule has 0 bridgehead atoms. The molecule has 2 aromatic carbocycles. The highest BCUT2D eigenvalue weighted by molar-refractivity contribution is 7.89. The maximum absolute atomic E-state index is 12.6. The molecule has 146 valence electrons. The molecule has 1 aliphatic rings. The molecular formula is C19H24ClN2O4S+. The van der Waals surface area contributed by atoms with Gasteiger partial charge in [0.2, 0.25) is 10.0 Å². The molecule has 0 amide bonds. The Morgan fingerprint density at radius 3 is 2.41 bits per heavy atom. The molecule has 27 heavy (non-hydrogen) atoms. The first-order valence-electron chi connectivity index (χ1n) is 8.68. The average molecular weight is 412 g/mol. The topological polar surface area (TPSA) is 69.1 Å². The molecule has 2 atom stereocenters. The third-order valence-electron chi connectivity index (χ3n) is 5.01. The number of benzene rings is 2. The van der Waals surface area contributed by atoms with Crippen molar-refractivity contribution in [2.45, 2.75) is 17.4 Å². The molecule has 2 N–H and O–H groups in total. The fourth-order valence-corrected chi connectivity index (χ4v) is 4.60. The van der Waals surface area contributed by atoms with E-state index in [0.717, 1.165) is 24.1 Å². The Hall–Kier alpha value is -1.80. The number of quaternary nitrogens is 1. The van der Waals surface area contributed by atoms with E-state index in [1.807, 2.05) is 12.1 Å². The molecule has 2 aromatic rings. The molecule has 8 heteroatoms. The van der Waals surface area contributed by atoms with Gasteiger partial charge in [0, 0.05) is 17.0 Å². The summed E-state index contributed by atoms with van der Waals surface area (Å²) in [5, 5.41) is 0.500. The molecule has 1 unspecified atom stereocenters. The summed E-state index contributed by atoms with van der Waals surface area (Å²) >= 11 is 5.85. The minimum Gasteiger partial charge on any atom is -0.493 e. The van der Waals surface area contributed by atoms with Gasteiger partial charge < -0.3 is 14.4 Å². The molecule has 0 spiro atoms. The molecule has 6 nitrogen and oxygen atoms in total. The number of rotatable bonds is 6. The zero-order chi connectivity index (χ0) is 19.6. The van der Waals surface area contributed by atoms with Crippen LogP contribution in [0.5, 0.6) is 11.5 Å². The van der Waals surface area contributed by atoms with E-state index in [9.17, 15) is 8.42 Å². The lowest BCUT2D eigenvalue weighted by molar-refractivity contribution is -0.913. The zero-order valence-corrected chi connectivity index (χ0v) is 17.2. The summed E-state index contributed by atoms with van der Waals surface area (Å²) in [6, 6.07) is 10.1. The number of hydrogen-bond donors (Lipinski definition) is 2. The fraction of sp³-hybridized carbons (Fsp3) is 0.368. The molecule has 1 heterocycles. The lowest BCUT2D eigenvalue weighted by Crippen LogP contribution is -3.11. The summed E-state index contributed by atoms with van der Waals surface area (Å²) in [4.78, 5) is 1.45. The number of hydrogen-bond acceptors (Lipinski definition) is 4. The number of nitrogens with one attached hydrogen (secondary N) is 2. The lowest BCUT2D eigenvalue weighted by atomic mass is 9.92. The Morgan fingerprint density at radius 1 is 1.15 bits per heavy atom. The highest BCUT2D eigenvalue weighted by Crippen LogP contribution is 2.34. The summed E-state index contributed by atoms with van der Waals surface area (Å²) < 4.78 is 38.8. The van der Waals surface area contributed by atoms with Crippen molar-refractivity contribution in [3.05, 3.63) is 52.5 Å². The van der Waals surface area contributed by atoms with Gasteiger partial charge in [0.1, 0.15) is 6.04 Å². The van der Waals surface area contributed by atoms with Crippen molar-refractivity contribution < 1.29 is 22.8 Å². The first-order chi connectivity index (χ1) is 12.9. The molecule has 0 fully saturated rings. The highest BCUT2D eigenvalue weighted by atomic mass is 35.5. The first-order valence-corrected chi connectivity index (χ1v) is 10.5. The van der Waals surface area contributed by atoms with Crippen molar-refractivity contribution in [1.82, 2.24) is 4.72 Å². The van der Waals surface area contributed by atoms with Crippen molar-refractivity contribution in [1.29, 1.82) is 0 Å². The van der Waals surface area contributed by atoms with Crippen molar-refractivity contribution in [2.75, 3.05) is 34.4 Å². The molecule has 0 radical (unpaired) electrons. The normalized spacial score (nSPS) is 19.4. The molecule has 0 aromatic heterocycles. The smallest absolute Gasteiger partial charge is 0.240 e. The van der Waals surface area contributed by atoms with Gasteiger partial charge in [-0.05, 0) is 42.0 Å². The van der Waals surface area contributed by atoms with Crippen LogP contribution in [0.4, 0.5) is 0 Å². The highest BCUT2D eigenvalue weighted by Gasteiger charge is 2.31. The van der Waals surface area contributed by atoms with Crippen molar-refractivity contribution >= 4 is 21.6 Å². The quantitative estimate of drug-likeness (QED) is 0.754. The van der Waals surface area contributed by atoms with Crippen LogP contribution in [0.3, 0.4) is 0 Å². The van der Waals surface area contributed by atoms with Gasteiger partial charge in [-0.2, -0.15) is 0 Å². The van der Waals surface area contributed by atoms with Crippen molar-refractivity contribution in [2.24, 2.45) is 0 Å². The number of methoxy groups -OCH3 is 2. The number of halogens is 1. The molecule has 0 saturated heterocycles. The summed E-state index contributed by atoms with van der Waals surface area (Å²) in [5.41, 5.74) is 2.24. The second-order valence-electron chi connectivity index (χ2n) is 6.61. The van der Waals surface area contributed by atoms with Gasteiger partial charge in [-0.1, -0.05) is 11.6 Å². The van der Waals surface area contributed by atoms with Crippen LogP contribution in [0.25, 0.3) is 0 Å². The maximum atomic E-state index is 12.6. The van der Waals surface area contributed by atoms with Gasteiger partial charge in [0.05, 0.1) is 39.3 Å². The van der Waals surface area contributed by atoms with Crippen LogP contribution in [-0.2, 0) is 16.4 Å². The lowest BCUT2D eigenvalue weighted by Gasteiger charge is -2.32. The number of fused-ring (bicyclic) bond motifs is 1. The largest absolute Gasteiger partial charge is 0.493 e. The molecule has 3 rings (SSSR count). The van der Waals surface area contributed by atoms with Gasteiger partial charge in [-0.15, -0.1) is 0 Å². The van der Waals surface area contributed by atoms with E-state index in [0.29, 0.717) is 23.1 Å². The Labute approximate surface area is 165 Å². The predicted octanol–water partition coefficient (Wildman–Crippen LogP) is 1.45. The molecule has 0 aliphatic carbocycles.